The number of hydrogen-bond donors (Lipinski definition) is 2. The third-order valence-corrected chi connectivity index (χ3v) is 5.16. The molecule has 0 unspecified atom stereocenters. The highest BCUT2D eigenvalue weighted by Gasteiger charge is 2.27. The topological polar surface area (TPSA) is 82.7 Å². The van der Waals surface area contributed by atoms with Gasteiger partial charge in [0, 0.05) is 49.5 Å². The van der Waals surface area contributed by atoms with Gasteiger partial charge in [-0.1, -0.05) is 0 Å². The summed E-state index contributed by atoms with van der Waals surface area (Å²) < 4.78 is 15.1. The number of nitrogens with two attached hydrogens (primary N) is 1. The van der Waals surface area contributed by atoms with E-state index in [2.05, 4.69) is 25.2 Å². The standard InChI is InChI=1S/C19H20FN7/c20-15-11-12(26-8-5-22-6-9-26)1-2-13(15)17-14-3-4-16-23-7-10-27(16)18(14)25-19(21)24-17/h1-4,11,22H,5-10H2,(H2,21,24,25). The fourth-order valence-corrected chi connectivity index (χ4v) is 3.83. The highest BCUT2D eigenvalue weighted by atomic mass is 19.1. The molecule has 0 aliphatic carbocycles. The van der Waals surface area contributed by atoms with Crippen LogP contribution in [0.3, 0.4) is 0 Å². The van der Waals surface area contributed by atoms with E-state index in [0.29, 0.717) is 23.6 Å². The first kappa shape index (κ1) is 16.2. The summed E-state index contributed by atoms with van der Waals surface area (Å²) in [5.41, 5.74) is 8.56. The average Bonchev–Trinajstić information content (AvgIpc) is 3.17. The van der Waals surface area contributed by atoms with E-state index in [1.54, 1.807) is 12.1 Å². The van der Waals surface area contributed by atoms with Crippen LogP contribution in [0, 0.1) is 5.82 Å². The van der Waals surface area contributed by atoms with Gasteiger partial charge in [0.05, 0.1) is 12.2 Å². The van der Waals surface area contributed by atoms with Crippen LogP contribution in [0.4, 0.5) is 21.8 Å². The van der Waals surface area contributed by atoms with Gasteiger partial charge in [-0.05, 0) is 30.4 Å². The number of benzene rings is 1. The molecule has 0 bridgehead atoms. The molecule has 3 aliphatic rings. The molecule has 0 radical (unpaired) electrons. The van der Waals surface area contributed by atoms with Crippen LogP contribution in [0.2, 0.25) is 0 Å². The van der Waals surface area contributed by atoms with Gasteiger partial charge in [0.25, 0.3) is 0 Å². The molecular weight excluding hydrogens is 345 g/mol. The molecule has 0 spiro atoms. The fourth-order valence-electron chi connectivity index (χ4n) is 3.83. The number of fused-ring (bicyclic) bond motifs is 3. The number of amidine groups is 1. The van der Waals surface area contributed by atoms with Gasteiger partial charge in [-0.2, -0.15) is 4.98 Å². The van der Waals surface area contributed by atoms with E-state index >= 15 is 4.39 Å². The maximum Gasteiger partial charge on any atom is 0.222 e. The predicted molar refractivity (Wildman–Crippen MR) is 106 cm³/mol. The number of halogens is 1. The van der Waals surface area contributed by atoms with Crippen molar-refractivity contribution in [2.24, 2.45) is 4.99 Å². The maximum atomic E-state index is 15.1. The first-order valence-electron chi connectivity index (χ1n) is 9.14. The van der Waals surface area contributed by atoms with E-state index in [0.717, 1.165) is 49.8 Å². The molecule has 138 valence electrons. The Kier molecular flexibility index (Phi) is 3.78. The monoisotopic (exact) mass is 365 g/mol. The van der Waals surface area contributed by atoms with E-state index in [1.165, 1.54) is 0 Å². The number of aliphatic imine (C=N–C) groups is 1. The molecule has 1 fully saturated rings. The number of piperazine rings is 1. The summed E-state index contributed by atoms with van der Waals surface area (Å²) in [5, 5.41) is 3.31. The molecular formula is C19H20FN7. The first-order chi connectivity index (χ1) is 13.2. The van der Waals surface area contributed by atoms with Gasteiger partial charge in [0.1, 0.15) is 17.5 Å². The molecule has 4 heterocycles. The second-order valence-corrected chi connectivity index (χ2v) is 6.79. The minimum absolute atomic E-state index is 0.135. The Balaban J connectivity index is 1.58. The Hall–Kier alpha value is -3.00. The number of hydrogen-bond acceptors (Lipinski definition) is 7. The molecule has 3 N–H and O–H groups in total. The molecule has 1 aromatic carbocycles. The Labute approximate surface area is 156 Å². The number of anilines is 3. The second kappa shape index (κ2) is 6.31. The Morgan fingerprint density at radius 2 is 1.93 bits per heavy atom. The maximum absolute atomic E-state index is 15.1. The molecule has 27 heavy (non-hydrogen) atoms. The van der Waals surface area contributed by atoms with E-state index < -0.39 is 0 Å². The number of nitrogens with zero attached hydrogens (tertiary/aromatic N) is 5. The van der Waals surface area contributed by atoms with Crippen LogP contribution in [0.1, 0.15) is 5.56 Å². The Morgan fingerprint density at radius 1 is 1.07 bits per heavy atom. The van der Waals surface area contributed by atoms with Crippen LogP contribution in [-0.4, -0.2) is 55.1 Å². The lowest BCUT2D eigenvalue weighted by molar-refractivity contribution is 0.585. The van der Waals surface area contributed by atoms with Crippen molar-refractivity contribution in [1.29, 1.82) is 0 Å². The van der Waals surface area contributed by atoms with Crippen molar-refractivity contribution in [3.05, 3.63) is 35.7 Å². The lowest BCUT2D eigenvalue weighted by Crippen LogP contribution is -2.43. The van der Waals surface area contributed by atoms with Crippen LogP contribution in [0.5, 0.6) is 0 Å². The van der Waals surface area contributed by atoms with E-state index in [9.17, 15) is 0 Å². The van der Waals surface area contributed by atoms with Crippen LogP contribution in [-0.2, 0) is 0 Å². The highest BCUT2D eigenvalue weighted by molar-refractivity contribution is 6.13. The zero-order valence-electron chi connectivity index (χ0n) is 14.8. The smallest absolute Gasteiger partial charge is 0.222 e. The molecule has 5 rings (SSSR count). The molecule has 7 nitrogen and oxygen atoms in total. The molecule has 0 amide bonds. The number of nitrogen functional groups attached to an aromatic ring is 1. The van der Waals surface area contributed by atoms with Crippen molar-refractivity contribution in [2.45, 2.75) is 0 Å². The third-order valence-electron chi connectivity index (χ3n) is 5.16. The van der Waals surface area contributed by atoms with Crippen molar-refractivity contribution in [1.82, 2.24) is 15.3 Å². The van der Waals surface area contributed by atoms with Gasteiger partial charge in [0.2, 0.25) is 5.95 Å². The Bertz CT molecular complexity index is 963. The first-order valence-corrected chi connectivity index (χ1v) is 9.14. The lowest BCUT2D eigenvalue weighted by atomic mass is 10.0. The van der Waals surface area contributed by atoms with Crippen molar-refractivity contribution in [3.63, 3.8) is 0 Å². The van der Waals surface area contributed by atoms with Gasteiger partial charge >= 0.3 is 0 Å². The molecule has 8 heteroatoms. The summed E-state index contributed by atoms with van der Waals surface area (Å²) >= 11 is 0. The van der Waals surface area contributed by atoms with Gasteiger partial charge in [-0.25, -0.2) is 9.37 Å². The van der Waals surface area contributed by atoms with Crippen LogP contribution in [0.15, 0.2) is 29.3 Å². The van der Waals surface area contributed by atoms with Gasteiger partial charge in [-0.15, -0.1) is 0 Å². The van der Waals surface area contributed by atoms with Crippen molar-refractivity contribution < 1.29 is 4.39 Å². The summed E-state index contributed by atoms with van der Waals surface area (Å²) in [6.07, 6.45) is 3.82. The SMILES string of the molecule is Nc1nc(-c2ccc(N3CCNCC3)cc2F)c2c(n1)N1CCN=C1C=C2. The number of aromatic nitrogens is 2. The number of rotatable bonds is 2. The zero-order chi connectivity index (χ0) is 18.4. The zero-order valence-corrected chi connectivity index (χ0v) is 14.8. The van der Waals surface area contributed by atoms with Gasteiger partial charge in [-0.3, -0.25) is 4.99 Å². The van der Waals surface area contributed by atoms with Crippen LogP contribution < -0.4 is 20.9 Å². The minimum Gasteiger partial charge on any atom is -0.369 e. The fraction of sp³-hybridized carbons (Fsp3) is 0.316. The molecule has 0 atom stereocenters. The van der Waals surface area contributed by atoms with Gasteiger partial charge < -0.3 is 20.9 Å². The summed E-state index contributed by atoms with van der Waals surface area (Å²) in [5.74, 6) is 1.39. The highest BCUT2D eigenvalue weighted by Crippen LogP contribution is 2.36. The Morgan fingerprint density at radius 3 is 2.74 bits per heavy atom. The second-order valence-electron chi connectivity index (χ2n) is 6.79. The van der Waals surface area contributed by atoms with E-state index in [1.807, 2.05) is 23.1 Å². The average molecular weight is 365 g/mol. The lowest BCUT2D eigenvalue weighted by Gasteiger charge is -2.29. The van der Waals surface area contributed by atoms with Crippen molar-refractivity contribution >= 4 is 29.4 Å². The quantitative estimate of drug-likeness (QED) is 0.840. The molecule has 0 saturated carbocycles. The van der Waals surface area contributed by atoms with E-state index in [4.69, 9.17) is 5.73 Å². The normalized spacial score (nSPS) is 18.3. The summed E-state index contributed by atoms with van der Waals surface area (Å²) in [6.45, 7) is 5.01. The molecule has 2 aromatic rings. The van der Waals surface area contributed by atoms with E-state index in [-0.39, 0.29) is 11.8 Å². The predicted octanol–water partition coefficient (Wildman–Crippen LogP) is 1.52. The van der Waals surface area contributed by atoms with Crippen LogP contribution >= 0.6 is 0 Å². The molecule has 1 saturated heterocycles. The third kappa shape index (κ3) is 2.73. The summed E-state index contributed by atoms with van der Waals surface area (Å²) in [4.78, 5) is 17.4. The molecule has 3 aliphatic heterocycles. The van der Waals surface area contributed by atoms with Crippen molar-refractivity contribution in [3.8, 4) is 11.3 Å². The number of nitrogens with one attached hydrogen (secondary N) is 1. The summed E-state index contributed by atoms with van der Waals surface area (Å²) in [6, 6.07) is 5.32. The molecule has 1 aromatic heterocycles. The van der Waals surface area contributed by atoms with Crippen LogP contribution in [0.25, 0.3) is 17.3 Å². The van der Waals surface area contributed by atoms with Crippen molar-refractivity contribution in [2.75, 3.05) is 54.8 Å². The minimum atomic E-state index is -0.305. The largest absolute Gasteiger partial charge is 0.369 e. The van der Waals surface area contributed by atoms with Gasteiger partial charge in [0.15, 0.2) is 0 Å². The summed E-state index contributed by atoms with van der Waals surface area (Å²) in [7, 11) is 0.